The van der Waals surface area contributed by atoms with Crippen LogP contribution in [0.2, 0.25) is 0 Å². The minimum absolute atomic E-state index is 0.0517. The lowest BCUT2D eigenvalue weighted by Crippen LogP contribution is -2.32. The van der Waals surface area contributed by atoms with Crippen LogP contribution in [-0.4, -0.2) is 46.5 Å². The van der Waals surface area contributed by atoms with Crippen molar-refractivity contribution >= 4 is 44.5 Å². The van der Waals surface area contributed by atoms with E-state index in [0.29, 0.717) is 17.9 Å². The van der Waals surface area contributed by atoms with Gasteiger partial charge in [-0.15, -0.1) is 0 Å². The van der Waals surface area contributed by atoms with Gasteiger partial charge >= 0.3 is 0 Å². The number of nitrogens with one attached hydrogen (secondary N) is 1. The number of carbonyl (C=O) groups excluding carboxylic acids is 1. The van der Waals surface area contributed by atoms with Gasteiger partial charge in [0.2, 0.25) is 12.7 Å². The Labute approximate surface area is 188 Å². The number of thioether (sulfide) groups is 1. The van der Waals surface area contributed by atoms with Crippen LogP contribution in [0.25, 0.3) is 10.3 Å². The largest absolute Gasteiger partial charge is 0.454 e. The van der Waals surface area contributed by atoms with Gasteiger partial charge in [-0.05, 0) is 36.5 Å². The summed E-state index contributed by atoms with van der Waals surface area (Å²) in [4.78, 5) is 28.2. The third kappa shape index (κ3) is 4.54. The molecule has 1 N–H and O–H groups in total. The number of hydrogen-bond acceptors (Lipinski definition) is 9. The molecule has 1 amide bonds. The van der Waals surface area contributed by atoms with Crippen LogP contribution >= 0.6 is 23.1 Å². The Morgan fingerprint density at radius 2 is 2.10 bits per heavy atom. The Balaban J connectivity index is 1.19. The Kier molecular flexibility index (Phi) is 5.82. The first-order chi connectivity index (χ1) is 15.2. The molecule has 162 valence electrons. The van der Waals surface area contributed by atoms with Gasteiger partial charge < -0.3 is 19.7 Å². The van der Waals surface area contributed by atoms with Crippen molar-refractivity contribution in [2.24, 2.45) is 5.92 Å². The highest BCUT2D eigenvalue weighted by Gasteiger charge is 2.21. The molecule has 2 aromatic heterocycles. The standard InChI is InChI=1S/C21H23N5O3S2/c1-13-4-6-26(7-5-13)21-25-19-18(31-21)20(24-11-23-19)30-10-17(27)22-9-14-2-3-15-16(8-14)29-12-28-15/h2-3,8,11,13H,4-7,9-10,12H2,1H3,(H,22,27). The molecule has 0 radical (unpaired) electrons. The van der Waals surface area contributed by atoms with Crippen LogP contribution in [-0.2, 0) is 11.3 Å². The highest BCUT2D eigenvalue weighted by atomic mass is 32.2. The highest BCUT2D eigenvalue weighted by molar-refractivity contribution is 8.00. The van der Waals surface area contributed by atoms with Crippen LogP contribution in [0, 0.1) is 5.92 Å². The number of aromatic nitrogens is 3. The van der Waals surface area contributed by atoms with E-state index < -0.39 is 0 Å². The summed E-state index contributed by atoms with van der Waals surface area (Å²) in [7, 11) is 0. The summed E-state index contributed by atoms with van der Waals surface area (Å²) >= 11 is 3.03. The minimum atomic E-state index is -0.0517. The minimum Gasteiger partial charge on any atom is -0.454 e. The van der Waals surface area contributed by atoms with Crippen molar-refractivity contribution in [3.05, 3.63) is 30.1 Å². The molecule has 0 atom stereocenters. The first kappa shape index (κ1) is 20.3. The lowest BCUT2D eigenvalue weighted by Gasteiger charge is -2.29. The second-order valence-corrected chi connectivity index (χ2v) is 9.69. The number of nitrogens with zero attached hydrogens (tertiary/aromatic N) is 4. The van der Waals surface area contributed by atoms with E-state index in [1.54, 1.807) is 11.3 Å². The van der Waals surface area contributed by atoms with E-state index in [9.17, 15) is 4.79 Å². The molecule has 0 spiro atoms. The zero-order chi connectivity index (χ0) is 21.2. The molecule has 1 saturated heterocycles. The second-order valence-electron chi connectivity index (χ2n) is 7.75. The predicted octanol–water partition coefficient (Wildman–Crippen LogP) is 3.46. The Hall–Kier alpha value is -2.59. The van der Waals surface area contributed by atoms with Crippen LogP contribution in [0.3, 0.4) is 0 Å². The quantitative estimate of drug-likeness (QED) is 0.445. The zero-order valence-corrected chi connectivity index (χ0v) is 18.8. The SMILES string of the molecule is CC1CCN(c2nc3ncnc(SCC(=O)NCc4ccc5c(c4)OCO5)c3s2)CC1. The highest BCUT2D eigenvalue weighted by Crippen LogP contribution is 2.35. The molecule has 31 heavy (non-hydrogen) atoms. The Morgan fingerprint density at radius 3 is 2.97 bits per heavy atom. The van der Waals surface area contributed by atoms with Crippen LogP contribution in [0.5, 0.6) is 11.5 Å². The first-order valence-corrected chi connectivity index (χ1v) is 12.1. The molecule has 4 heterocycles. The van der Waals surface area contributed by atoms with E-state index in [1.165, 1.54) is 30.9 Å². The van der Waals surface area contributed by atoms with E-state index in [0.717, 1.165) is 45.2 Å². The number of carbonyl (C=O) groups is 1. The van der Waals surface area contributed by atoms with E-state index in [2.05, 4.69) is 27.1 Å². The molecule has 0 aliphatic carbocycles. The van der Waals surface area contributed by atoms with Crippen LogP contribution in [0.1, 0.15) is 25.3 Å². The number of hydrogen-bond donors (Lipinski definition) is 1. The van der Waals surface area contributed by atoms with E-state index >= 15 is 0 Å². The van der Waals surface area contributed by atoms with Crippen LogP contribution < -0.4 is 19.7 Å². The molecule has 0 unspecified atom stereocenters. The summed E-state index contributed by atoms with van der Waals surface area (Å²) in [6.45, 7) is 5.03. The molecular formula is C21H23N5O3S2. The lowest BCUT2D eigenvalue weighted by molar-refractivity contribution is -0.118. The maximum Gasteiger partial charge on any atom is 0.231 e. The molecule has 1 aromatic carbocycles. The number of piperidine rings is 1. The molecule has 1 fully saturated rings. The summed E-state index contributed by atoms with van der Waals surface area (Å²) < 4.78 is 11.6. The van der Waals surface area contributed by atoms with Crippen molar-refractivity contribution in [3.63, 3.8) is 0 Å². The number of ether oxygens (including phenoxy) is 2. The van der Waals surface area contributed by atoms with Crippen molar-refractivity contribution in [1.82, 2.24) is 20.3 Å². The second kappa shape index (κ2) is 8.88. The molecule has 2 aliphatic rings. The van der Waals surface area contributed by atoms with Crippen molar-refractivity contribution in [2.45, 2.75) is 31.3 Å². The predicted molar refractivity (Wildman–Crippen MR) is 121 cm³/mol. The first-order valence-electron chi connectivity index (χ1n) is 10.3. The summed E-state index contributed by atoms with van der Waals surface area (Å²) in [5.74, 6) is 2.46. The molecule has 3 aromatic rings. The summed E-state index contributed by atoms with van der Waals surface area (Å²) in [5.41, 5.74) is 1.67. The van der Waals surface area contributed by atoms with Crippen molar-refractivity contribution in [3.8, 4) is 11.5 Å². The maximum atomic E-state index is 12.4. The van der Waals surface area contributed by atoms with Gasteiger partial charge in [0.25, 0.3) is 0 Å². The van der Waals surface area contributed by atoms with Crippen molar-refractivity contribution in [1.29, 1.82) is 0 Å². The monoisotopic (exact) mass is 457 g/mol. The molecule has 10 heteroatoms. The van der Waals surface area contributed by atoms with Crippen LogP contribution in [0.4, 0.5) is 5.13 Å². The van der Waals surface area contributed by atoms with Gasteiger partial charge in [0.05, 0.1) is 5.75 Å². The number of benzene rings is 1. The normalized spacial score (nSPS) is 16.1. The van der Waals surface area contributed by atoms with Gasteiger partial charge in [0, 0.05) is 19.6 Å². The number of fused-ring (bicyclic) bond motifs is 2. The summed E-state index contributed by atoms with van der Waals surface area (Å²) in [6, 6.07) is 5.68. The van der Waals surface area contributed by atoms with Gasteiger partial charge in [-0.1, -0.05) is 36.1 Å². The van der Waals surface area contributed by atoms with E-state index in [-0.39, 0.29) is 18.5 Å². The smallest absolute Gasteiger partial charge is 0.231 e. The third-order valence-electron chi connectivity index (χ3n) is 5.47. The fraction of sp³-hybridized carbons (Fsp3) is 0.429. The molecule has 0 bridgehead atoms. The Bertz CT molecular complexity index is 1100. The van der Waals surface area contributed by atoms with Gasteiger partial charge in [0.1, 0.15) is 16.1 Å². The van der Waals surface area contributed by atoms with Gasteiger partial charge in [-0.2, -0.15) is 4.98 Å². The van der Waals surface area contributed by atoms with Gasteiger partial charge in [-0.3, -0.25) is 4.79 Å². The summed E-state index contributed by atoms with van der Waals surface area (Å²) in [6.07, 6.45) is 3.90. The van der Waals surface area contributed by atoms with Gasteiger partial charge in [-0.25, -0.2) is 9.97 Å². The fourth-order valence-corrected chi connectivity index (χ4v) is 5.57. The Morgan fingerprint density at radius 1 is 1.26 bits per heavy atom. The fourth-order valence-electron chi connectivity index (χ4n) is 3.60. The number of rotatable bonds is 6. The lowest BCUT2D eigenvalue weighted by atomic mass is 10.00. The van der Waals surface area contributed by atoms with Crippen molar-refractivity contribution < 1.29 is 14.3 Å². The average molecular weight is 458 g/mol. The van der Waals surface area contributed by atoms with Crippen LogP contribution in [0.15, 0.2) is 29.6 Å². The number of anilines is 1. The molecule has 2 aliphatic heterocycles. The van der Waals surface area contributed by atoms with E-state index in [1.807, 2.05) is 18.2 Å². The van der Waals surface area contributed by atoms with Gasteiger partial charge in [0.15, 0.2) is 22.3 Å². The van der Waals surface area contributed by atoms with E-state index in [4.69, 9.17) is 14.5 Å². The van der Waals surface area contributed by atoms with Crippen molar-refractivity contribution in [2.75, 3.05) is 30.5 Å². The number of amides is 1. The topological polar surface area (TPSA) is 89.5 Å². The number of thiazole rings is 1. The molecular weight excluding hydrogens is 434 g/mol. The summed E-state index contributed by atoms with van der Waals surface area (Å²) in [5, 5.41) is 4.75. The third-order valence-corrected chi connectivity index (χ3v) is 7.70. The molecule has 5 rings (SSSR count). The zero-order valence-electron chi connectivity index (χ0n) is 17.2. The average Bonchev–Trinajstić information content (AvgIpc) is 3.43. The maximum absolute atomic E-state index is 12.4. The molecule has 8 nitrogen and oxygen atoms in total. The molecule has 0 saturated carbocycles.